The van der Waals surface area contributed by atoms with Crippen molar-refractivity contribution in [2.75, 3.05) is 6.54 Å². The second-order valence-corrected chi connectivity index (χ2v) is 5.89. The molecule has 2 amide bonds. The molecule has 21 heavy (non-hydrogen) atoms. The van der Waals surface area contributed by atoms with Crippen LogP contribution in [0.1, 0.15) is 52.8 Å². The summed E-state index contributed by atoms with van der Waals surface area (Å²) in [4.78, 5) is 37.5. The average Bonchev–Trinajstić information content (AvgIpc) is 2.74. The monoisotopic (exact) mass is 287 g/mol. The van der Waals surface area contributed by atoms with Crippen LogP contribution in [0.4, 0.5) is 0 Å². The number of carboxylic acids is 1. The van der Waals surface area contributed by atoms with Gasteiger partial charge in [0.1, 0.15) is 0 Å². The predicted octanol–water partition coefficient (Wildman–Crippen LogP) is 2.32. The van der Waals surface area contributed by atoms with Crippen LogP contribution in [-0.4, -0.2) is 34.3 Å². The number of fused-ring (bicyclic) bond motifs is 1. The van der Waals surface area contributed by atoms with E-state index < -0.39 is 11.4 Å². The summed E-state index contributed by atoms with van der Waals surface area (Å²) in [5.41, 5.74) is -0.233. The third-order valence-corrected chi connectivity index (χ3v) is 4.60. The summed E-state index contributed by atoms with van der Waals surface area (Å²) < 4.78 is 0. The van der Waals surface area contributed by atoms with Gasteiger partial charge < -0.3 is 5.11 Å². The number of rotatable bonds is 3. The van der Waals surface area contributed by atoms with Gasteiger partial charge in [0.2, 0.25) is 0 Å². The first-order valence-corrected chi connectivity index (χ1v) is 7.24. The maximum Gasteiger partial charge on any atom is 0.311 e. The first-order valence-electron chi connectivity index (χ1n) is 7.24. The Morgan fingerprint density at radius 3 is 2.05 bits per heavy atom. The van der Waals surface area contributed by atoms with Gasteiger partial charge in [-0.3, -0.25) is 19.3 Å². The number of carbonyl (C=O) groups is 3. The number of hydrogen-bond donors (Lipinski definition) is 1. The molecule has 1 heterocycles. The molecule has 5 heteroatoms. The first-order chi connectivity index (χ1) is 10.1. The van der Waals surface area contributed by atoms with E-state index in [9.17, 15) is 19.5 Å². The van der Waals surface area contributed by atoms with Crippen molar-refractivity contribution in [3.05, 3.63) is 35.4 Å². The molecule has 1 N–H and O–H groups in total. The number of nitrogens with zero attached hydrogens (tertiary/aromatic N) is 1. The SMILES string of the molecule is O=C1c2ccccc2C(=O)N1CC1(C(=O)O)CCCCC1. The van der Waals surface area contributed by atoms with E-state index in [1.165, 1.54) is 0 Å². The third-order valence-electron chi connectivity index (χ3n) is 4.60. The minimum Gasteiger partial charge on any atom is -0.481 e. The van der Waals surface area contributed by atoms with Gasteiger partial charge in [0.15, 0.2) is 0 Å². The fourth-order valence-corrected chi connectivity index (χ4v) is 3.35. The van der Waals surface area contributed by atoms with E-state index in [2.05, 4.69) is 0 Å². The molecule has 0 bridgehead atoms. The van der Waals surface area contributed by atoms with Crippen LogP contribution in [0, 0.1) is 5.41 Å². The van der Waals surface area contributed by atoms with Crippen LogP contribution >= 0.6 is 0 Å². The van der Waals surface area contributed by atoms with E-state index in [1.807, 2.05) is 0 Å². The van der Waals surface area contributed by atoms with Gasteiger partial charge in [0.05, 0.1) is 16.5 Å². The number of aliphatic carboxylic acids is 1. The fraction of sp³-hybridized carbons (Fsp3) is 0.438. The second kappa shape index (κ2) is 4.98. The number of carbonyl (C=O) groups excluding carboxylic acids is 2. The lowest BCUT2D eigenvalue weighted by atomic mass is 9.73. The molecule has 2 aliphatic rings. The molecule has 1 saturated carbocycles. The van der Waals surface area contributed by atoms with Gasteiger partial charge in [-0.15, -0.1) is 0 Å². The van der Waals surface area contributed by atoms with Crippen molar-refractivity contribution in [2.45, 2.75) is 32.1 Å². The minimum atomic E-state index is -0.981. The minimum absolute atomic E-state index is 0.0192. The Hall–Kier alpha value is -2.17. The van der Waals surface area contributed by atoms with E-state index >= 15 is 0 Å². The molecule has 1 fully saturated rings. The summed E-state index contributed by atoms with van der Waals surface area (Å²) >= 11 is 0. The van der Waals surface area contributed by atoms with Crippen LogP contribution < -0.4 is 0 Å². The van der Waals surface area contributed by atoms with E-state index in [1.54, 1.807) is 24.3 Å². The molecule has 0 spiro atoms. The van der Waals surface area contributed by atoms with E-state index in [-0.39, 0.29) is 18.4 Å². The van der Waals surface area contributed by atoms with Gasteiger partial charge in [-0.05, 0) is 25.0 Å². The van der Waals surface area contributed by atoms with Crippen molar-refractivity contribution in [1.29, 1.82) is 0 Å². The summed E-state index contributed by atoms with van der Waals surface area (Å²) in [6, 6.07) is 6.65. The summed E-state index contributed by atoms with van der Waals surface area (Å²) in [6.07, 6.45) is 3.72. The van der Waals surface area contributed by atoms with E-state index in [0.717, 1.165) is 24.2 Å². The lowest BCUT2D eigenvalue weighted by Crippen LogP contribution is -2.46. The number of hydrogen-bond acceptors (Lipinski definition) is 3. The molecule has 0 saturated heterocycles. The highest BCUT2D eigenvalue weighted by Gasteiger charge is 2.46. The smallest absolute Gasteiger partial charge is 0.311 e. The molecule has 0 atom stereocenters. The van der Waals surface area contributed by atoms with E-state index in [0.29, 0.717) is 24.0 Å². The highest BCUT2D eigenvalue weighted by Crippen LogP contribution is 2.39. The molecule has 5 nitrogen and oxygen atoms in total. The summed E-state index contributed by atoms with van der Waals surface area (Å²) in [7, 11) is 0. The van der Waals surface area contributed by atoms with Crippen LogP contribution in [-0.2, 0) is 4.79 Å². The molecule has 3 rings (SSSR count). The lowest BCUT2D eigenvalue weighted by molar-refractivity contribution is -0.151. The van der Waals surface area contributed by atoms with Gasteiger partial charge in [0.25, 0.3) is 11.8 Å². The van der Waals surface area contributed by atoms with Crippen molar-refractivity contribution in [3.8, 4) is 0 Å². The van der Waals surface area contributed by atoms with Crippen LogP contribution in [0.3, 0.4) is 0 Å². The zero-order chi connectivity index (χ0) is 15.0. The van der Waals surface area contributed by atoms with Gasteiger partial charge in [0, 0.05) is 6.54 Å². The summed E-state index contributed by atoms with van der Waals surface area (Å²) in [5, 5.41) is 9.59. The summed E-state index contributed by atoms with van der Waals surface area (Å²) in [5.74, 6) is -1.65. The molecule has 1 aliphatic heterocycles. The number of amides is 2. The largest absolute Gasteiger partial charge is 0.481 e. The highest BCUT2D eigenvalue weighted by atomic mass is 16.4. The second-order valence-electron chi connectivity index (χ2n) is 5.89. The van der Waals surface area contributed by atoms with Gasteiger partial charge in [-0.25, -0.2) is 0 Å². The topological polar surface area (TPSA) is 74.7 Å². The Morgan fingerprint density at radius 2 is 1.57 bits per heavy atom. The van der Waals surface area contributed by atoms with Crippen LogP contribution in [0.15, 0.2) is 24.3 Å². The van der Waals surface area contributed by atoms with Crippen LogP contribution in [0.25, 0.3) is 0 Å². The van der Waals surface area contributed by atoms with Gasteiger partial charge in [-0.1, -0.05) is 31.4 Å². The third kappa shape index (κ3) is 2.13. The van der Waals surface area contributed by atoms with Gasteiger partial charge >= 0.3 is 5.97 Å². The van der Waals surface area contributed by atoms with Crippen molar-refractivity contribution >= 4 is 17.8 Å². The quantitative estimate of drug-likeness (QED) is 0.866. The molecule has 0 aromatic heterocycles. The van der Waals surface area contributed by atoms with E-state index in [4.69, 9.17) is 0 Å². The zero-order valence-corrected chi connectivity index (χ0v) is 11.7. The van der Waals surface area contributed by atoms with Crippen LogP contribution in [0.2, 0.25) is 0 Å². The Bertz CT molecular complexity index is 581. The Labute approximate surface area is 122 Å². The van der Waals surface area contributed by atoms with Gasteiger partial charge in [-0.2, -0.15) is 0 Å². The number of carboxylic acid groups (broad SMARTS) is 1. The fourth-order valence-electron chi connectivity index (χ4n) is 3.35. The Balaban J connectivity index is 1.90. The average molecular weight is 287 g/mol. The van der Waals surface area contributed by atoms with Crippen molar-refractivity contribution < 1.29 is 19.5 Å². The van der Waals surface area contributed by atoms with Crippen LogP contribution in [0.5, 0.6) is 0 Å². The standard InChI is InChI=1S/C16H17NO4/c18-13-11-6-2-3-7-12(11)14(19)17(13)10-16(15(20)21)8-4-1-5-9-16/h2-3,6-7H,1,4-5,8-10H2,(H,20,21). The summed E-state index contributed by atoms with van der Waals surface area (Å²) in [6.45, 7) is -0.0192. The molecular weight excluding hydrogens is 270 g/mol. The zero-order valence-electron chi connectivity index (χ0n) is 11.7. The van der Waals surface area contributed by atoms with Crippen molar-refractivity contribution in [1.82, 2.24) is 4.90 Å². The molecule has 110 valence electrons. The molecule has 1 aliphatic carbocycles. The Kier molecular flexibility index (Phi) is 3.27. The highest BCUT2D eigenvalue weighted by molar-refractivity contribution is 6.21. The maximum atomic E-state index is 12.4. The maximum absolute atomic E-state index is 12.4. The number of benzene rings is 1. The normalized spacial score (nSPS) is 20.5. The molecule has 0 unspecified atom stereocenters. The molecular formula is C16H17NO4. The molecule has 0 radical (unpaired) electrons. The molecule has 1 aromatic rings. The molecule has 1 aromatic carbocycles. The lowest BCUT2D eigenvalue weighted by Gasteiger charge is -2.35. The Morgan fingerprint density at radius 1 is 1.05 bits per heavy atom. The van der Waals surface area contributed by atoms with Crippen molar-refractivity contribution in [2.24, 2.45) is 5.41 Å². The van der Waals surface area contributed by atoms with Crippen molar-refractivity contribution in [3.63, 3.8) is 0 Å². The number of imide groups is 1. The first kappa shape index (κ1) is 13.8. The predicted molar refractivity (Wildman–Crippen MR) is 75.0 cm³/mol.